The van der Waals surface area contributed by atoms with Gasteiger partial charge in [-0.2, -0.15) is 0 Å². The van der Waals surface area contributed by atoms with Gasteiger partial charge in [-0.15, -0.1) is 0 Å². The Hall–Kier alpha value is -0.410. The van der Waals surface area contributed by atoms with Crippen LogP contribution in [0.1, 0.15) is 51.9 Å². The molecule has 0 N–H and O–H groups in total. The lowest BCUT2D eigenvalue weighted by molar-refractivity contribution is -0.226. The molecule has 17 heavy (non-hydrogen) atoms. The number of hydrogen-bond donors (Lipinski definition) is 0. The Labute approximate surface area is 102 Å². The lowest BCUT2D eigenvalue weighted by Gasteiger charge is -2.49. The minimum Gasteiger partial charge on any atom is -0.353 e. The van der Waals surface area contributed by atoms with Crippen molar-refractivity contribution in [1.29, 1.82) is 0 Å². The van der Waals surface area contributed by atoms with E-state index in [9.17, 15) is 4.39 Å². The van der Waals surface area contributed by atoms with Gasteiger partial charge in [0.2, 0.25) is 0 Å². The molecule has 2 fully saturated rings. The van der Waals surface area contributed by atoms with Gasteiger partial charge in [0.15, 0.2) is 6.29 Å². The first-order valence-corrected chi connectivity index (χ1v) is 6.80. The van der Waals surface area contributed by atoms with Crippen LogP contribution in [0, 0.1) is 5.41 Å². The van der Waals surface area contributed by atoms with Crippen LogP contribution in [0.4, 0.5) is 4.39 Å². The van der Waals surface area contributed by atoms with Crippen molar-refractivity contribution in [1.82, 2.24) is 0 Å². The van der Waals surface area contributed by atoms with Crippen LogP contribution in [0.15, 0.2) is 11.9 Å². The van der Waals surface area contributed by atoms with Gasteiger partial charge < -0.3 is 9.47 Å². The summed E-state index contributed by atoms with van der Waals surface area (Å²) in [5.41, 5.74) is -0.581. The number of fused-ring (bicyclic) bond motifs is 2. The van der Waals surface area contributed by atoms with E-state index in [1.165, 1.54) is 0 Å². The van der Waals surface area contributed by atoms with Gasteiger partial charge in [0.05, 0.1) is 5.60 Å². The molecule has 0 aromatic rings. The van der Waals surface area contributed by atoms with Gasteiger partial charge in [0.25, 0.3) is 0 Å². The maximum Gasteiger partial charge on any atom is 0.158 e. The van der Waals surface area contributed by atoms with Crippen LogP contribution in [0.25, 0.3) is 0 Å². The molecular formula is C14H21FO2. The summed E-state index contributed by atoms with van der Waals surface area (Å²) in [7, 11) is 0. The molecule has 4 aliphatic rings. The number of ether oxygens (including phenoxy) is 2. The van der Waals surface area contributed by atoms with Crippen molar-refractivity contribution in [2.24, 2.45) is 5.41 Å². The second-order valence-corrected chi connectivity index (χ2v) is 6.03. The van der Waals surface area contributed by atoms with Crippen molar-refractivity contribution >= 4 is 0 Å². The van der Waals surface area contributed by atoms with Crippen molar-refractivity contribution in [2.45, 2.75) is 63.8 Å². The molecule has 2 bridgehead atoms. The molecule has 2 nitrogen and oxygen atoms in total. The van der Waals surface area contributed by atoms with Gasteiger partial charge in [0, 0.05) is 12.0 Å². The zero-order valence-corrected chi connectivity index (χ0v) is 10.5. The lowest BCUT2D eigenvalue weighted by Crippen LogP contribution is -2.47. The fourth-order valence-electron chi connectivity index (χ4n) is 3.23. The molecule has 1 saturated carbocycles. The van der Waals surface area contributed by atoms with E-state index in [1.807, 2.05) is 6.92 Å². The molecule has 0 radical (unpaired) electrons. The largest absolute Gasteiger partial charge is 0.353 e. The molecule has 1 heterocycles. The number of rotatable bonds is 2. The standard InChI is InChI=1S/C14H21FO2/c1-13-5-7-14(8-6-13,10-11(13)15)17-12-4-2-3-9-16-12/h10,12H,2-9H2,1H3. The second kappa shape index (κ2) is 4.06. The first-order chi connectivity index (χ1) is 8.12. The molecule has 1 unspecified atom stereocenters. The predicted molar refractivity (Wildman–Crippen MR) is 63.2 cm³/mol. The zero-order chi connectivity index (χ0) is 11.9. The molecule has 0 aromatic heterocycles. The number of halogens is 1. The quantitative estimate of drug-likeness (QED) is 0.732. The van der Waals surface area contributed by atoms with E-state index >= 15 is 0 Å². The highest BCUT2D eigenvalue weighted by molar-refractivity contribution is 5.23. The van der Waals surface area contributed by atoms with Gasteiger partial charge in [-0.1, -0.05) is 6.92 Å². The van der Waals surface area contributed by atoms with Crippen molar-refractivity contribution in [2.75, 3.05) is 6.61 Å². The van der Waals surface area contributed by atoms with Gasteiger partial charge in [-0.3, -0.25) is 0 Å². The molecular weight excluding hydrogens is 219 g/mol. The molecule has 1 atom stereocenters. The van der Waals surface area contributed by atoms with E-state index in [2.05, 4.69) is 0 Å². The molecule has 1 saturated heterocycles. The Balaban J connectivity index is 1.74. The summed E-state index contributed by atoms with van der Waals surface area (Å²) in [4.78, 5) is 0. The monoisotopic (exact) mass is 240 g/mol. The summed E-state index contributed by atoms with van der Waals surface area (Å²) in [5, 5.41) is 0. The van der Waals surface area contributed by atoms with Gasteiger partial charge in [-0.25, -0.2) is 4.39 Å². The van der Waals surface area contributed by atoms with Crippen LogP contribution < -0.4 is 0 Å². The summed E-state index contributed by atoms with van der Waals surface area (Å²) in [6.07, 6.45) is 8.54. The first kappa shape index (κ1) is 11.7. The third-order valence-electron chi connectivity index (χ3n) is 4.67. The molecule has 0 amide bonds. The van der Waals surface area contributed by atoms with Crippen LogP contribution >= 0.6 is 0 Å². The van der Waals surface area contributed by atoms with Gasteiger partial charge in [0.1, 0.15) is 5.83 Å². The topological polar surface area (TPSA) is 18.5 Å². The maximum absolute atomic E-state index is 14.0. The summed E-state index contributed by atoms with van der Waals surface area (Å²) in [6.45, 7) is 2.81. The van der Waals surface area contributed by atoms with Crippen LogP contribution in [-0.2, 0) is 9.47 Å². The summed E-state index contributed by atoms with van der Waals surface area (Å²) < 4.78 is 25.7. The van der Waals surface area contributed by atoms with Crippen molar-refractivity contribution in [3.63, 3.8) is 0 Å². The van der Waals surface area contributed by atoms with E-state index in [0.29, 0.717) is 0 Å². The highest BCUT2D eigenvalue weighted by Crippen LogP contribution is 2.54. The fraction of sp³-hybridized carbons (Fsp3) is 0.857. The van der Waals surface area contributed by atoms with Crippen LogP contribution in [-0.4, -0.2) is 18.5 Å². The SMILES string of the molecule is CC12CCC(OC3CCCCO3)(C=C1F)CC2. The summed E-state index contributed by atoms with van der Waals surface area (Å²) in [5.74, 6) is 0.0332. The number of hydrogen-bond acceptors (Lipinski definition) is 2. The molecule has 3 heteroatoms. The molecule has 3 aliphatic carbocycles. The van der Waals surface area contributed by atoms with Crippen molar-refractivity contribution in [3.8, 4) is 0 Å². The Morgan fingerprint density at radius 3 is 2.65 bits per heavy atom. The molecule has 0 spiro atoms. The zero-order valence-electron chi connectivity index (χ0n) is 10.5. The van der Waals surface area contributed by atoms with Gasteiger partial charge in [-0.05, 0) is 51.0 Å². The van der Waals surface area contributed by atoms with Crippen molar-refractivity contribution < 1.29 is 13.9 Å². The van der Waals surface area contributed by atoms with Crippen LogP contribution in [0.5, 0.6) is 0 Å². The van der Waals surface area contributed by atoms with Crippen LogP contribution in [0.2, 0.25) is 0 Å². The smallest absolute Gasteiger partial charge is 0.158 e. The molecule has 96 valence electrons. The predicted octanol–water partition coefficient (Wildman–Crippen LogP) is 3.72. The molecule has 4 rings (SSSR count). The Kier molecular flexibility index (Phi) is 2.79. The maximum atomic E-state index is 14.0. The highest BCUT2D eigenvalue weighted by Gasteiger charge is 2.49. The average Bonchev–Trinajstić information content (AvgIpc) is 2.33. The highest BCUT2D eigenvalue weighted by atomic mass is 19.1. The van der Waals surface area contributed by atoms with E-state index < -0.39 is 0 Å². The number of allylic oxidation sites excluding steroid dienone is 1. The minimum absolute atomic E-state index is 0.0332. The summed E-state index contributed by atoms with van der Waals surface area (Å²) >= 11 is 0. The Morgan fingerprint density at radius 1 is 1.29 bits per heavy atom. The molecule has 0 aromatic carbocycles. The van der Waals surface area contributed by atoms with E-state index in [1.54, 1.807) is 6.08 Å². The van der Waals surface area contributed by atoms with Crippen LogP contribution in [0.3, 0.4) is 0 Å². The minimum atomic E-state index is -0.371. The fourth-order valence-corrected chi connectivity index (χ4v) is 3.23. The average molecular weight is 240 g/mol. The first-order valence-electron chi connectivity index (χ1n) is 6.80. The van der Waals surface area contributed by atoms with Crippen molar-refractivity contribution in [3.05, 3.63) is 11.9 Å². The third-order valence-corrected chi connectivity index (χ3v) is 4.67. The Morgan fingerprint density at radius 2 is 2.06 bits per heavy atom. The van der Waals surface area contributed by atoms with Gasteiger partial charge >= 0.3 is 0 Å². The van der Waals surface area contributed by atoms with E-state index in [0.717, 1.165) is 51.6 Å². The summed E-state index contributed by atoms with van der Waals surface area (Å²) in [6, 6.07) is 0. The molecule has 1 aliphatic heterocycles. The Bertz CT molecular complexity index is 323. The lowest BCUT2D eigenvalue weighted by atomic mass is 9.63. The van der Waals surface area contributed by atoms with E-state index in [-0.39, 0.29) is 23.1 Å². The third kappa shape index (κ3) is 2.04. The second-order valence-electron chi connectivity index (χ2n) is 6.03. The van der Waals surface area contributed by atoms with E-state index in [4.69, 9.17) is 9.47 Å². The normalized spacial score (nSPS) is 45.8.